The number of hydrogen-bond acceptors (Lipinski definition) is 3. The Morgan fingerprint density at radius 3 is 3.00 bits per heavy atom. The third-order valence-electron chi connectivity index (χ3n) is 2.46. The summed E-state index contributed by atoms with van der Waals surface area (Å²) in [5.41, 5.74) is 4.01. The van der Waals surface area contributed by atoms with Crippen molar-refractivity contribution in [3.8, 4) is 0 Å². The van der Waals surface area contributed by atoms with Crippen LogP contribution in [0.2, 0.25) is 0 Å². The van der Waals surface area contributed by atoms with Gasteiger partial charge < -0.3 is 5.11 Å². The first-order valence-corrected chi connectivity index (χ1v) is 6.94. The van der Waals surface area contributed by atoms with Crippen LogP contribution in [0.5, 0.6) is 0 Å². The van der Waals surface area contributed by atoms with Gasteiger partial charge >= 0.3 is 0 Å². The fourth-order valence-corrected chi connectivity index (χ4v) is 2.92. The Balaban J connectivity index is 2.21. The van der Waals surface area contributed by atoms with Gasteiger partial charge in [-0.1, -0.05) is 18.2 Å². The van der Waals surface area contributed by atoms with E-state index in [2.05, 4.69) is 40.6 Å². The molecule has 0 radical (unpaired) electrons. The molecule has 2 nitrogen and oxygen atoms in total. The van der Waals surface area contributed by atoms with E-state index in [1.165, 1.54) is 5.56 Å². The van der Waals surface area contributed by atoms with Crippen molar-refractivity contribution >= 4 is 33.9 Å². The molecule has 0 fully saturated rings. The summed E-state index contributed by atoms with van der Waals surface area (Å²) in [6, 6.07) is 6.04. The summed E-state index contributed by atoms with van der Waals surface area (Å²) in [7, 11) is 0. The van der Waals surface area contributed by atoms with Gasteiger partial charge in [-0.25, -0.2) is 0 Å². The van der Waals surface area contributed by atoms with Crippen molar-refractivity contribution in [3.63, 3.8) is 0 Å². The van der Waals surface area contributed by atoms with E-state index in [1.807, 2.05) is 18.3 Å². The summed E-state index contributed by atoms with van der Waals surface area (Å²) >= 11 is 3.87. The molecule has 4 heteroatoms. The molecule has 2 rings (SSSR count). The monoisotopic (exact) mass is 345 g/mol. The van der Waals surface area contributed by atoms with Crippen molar-refractivity contribution in [2.75, 3.05) is 0 Å². The summed E-state index contributed by atoms with van der Waals surface area (Å²) in [4.78, 5) is 5.13. The highest BCUT2D eigenvalue weighted by atomic mass is 127. The van der Waals surface area contributed by atoms with E-state index in [4.69, 9.17) is 0 Å². The van der Waals surface area contributed by atoms with E-state index in [0.717, 1.165) is 14.0 Å². The van der Waals surface area contributed by atoms with E-state index >= 15 is 0 Å². The summed E-state index contributed by atoms with van der Waals surface area (Å²) < 4.78 is 1.15. The summed E-state index contributed by atoms with van der Waals surface area (Å²) in [5, 5.41) is 10.2. The molecule has 1 unspecified atom stereocenters. The number of halogens is 1. The van der Waals surface area contributed by atoms with Gasteiger partial charge in [0.25, 0.3) is 0 Å². The van der Waals surface area contributed by atoms with Gasteiger partial charge in [0.2, 0.25) is 0 Å². The maximum Gasteiger partial charge on any atom is 0.0849 e. The number of aryl methyl sites for hydroxylation is 1. The Morgan fingerprint density at radius 1 is 1.50 bits per heavy atom. The molecule has 0 saturated heterocycles. The zero-order chi connectivity index (χ0) is 11.5. The first-order valence-electron chi connectivity index (χ1n) is 4.99. The molecule has 0 amide bonds. The first-order chi connectivity index (χ1) is 7.68. The Bertz CT molecular complexity index is 470. The molecule has 1 heterocycles. The predicted octanol–water partition coefficient (Wildman–Crippen LogP) is 3.33. The minimum atomic E-state index is -0.438. The SMILES string of the molecule is Cc1cccc(C(O)Cc2cncs2)c1I. The van der Waals surface area contributed by atoms with Crippen LogP contribution in [0, 0.1) is 10.5 Å². The molecule has 0 aliphatic rings. The number of benzene rings is 1. The molecular weight excluding hydrogens is 333 g/mol. The highest BCUT2D eigenvalue weighted by Gasteiger charge is 2.13. The fourth-order valence-electron chi connectivity index (χ4n) is 1.57. The summed E-state index contributed by atoms with van der Waals surface area (Å²) in [6.45, 7) is 2.06. The zero-order valence-electron chi connectivity index (χ0n) is 8.85. The van der Waals surface area contributed by atoms with Crippen LogP contribution in [0.3, 0.4) is 0 Å². The number of hydrogen-bond donors (Lipinski definition) is 1. The van der Waals surface area contributed by atoms with Crippen molar-refractivity contribution in [2.45, 2.75) is 19.4 Å². The third-order valence-corrected chi connectivity index (χ3v) is 4.73. The molecule has 0 aliphatic heterocycles. The number of aliphatic hydroxyl groups excluding tert-OH is 1. The van der Waals surface area contributed by atoms with Crippen LogP contribution in [0.1, 0.15) is 22.1 Å². The molecule has 1 N–H and O–H groups in total. The first kappa shape index (κ1) is 12.0. The molecule has 84 valence electrons. The quantitative estimate of drug-likeness (QED) is 0.866. The van der Waals surface area contributed by atoms with Gasteiger partial charge in [0, 0.05) is 21.1 Å². The second-order valence-corrected chi connectivity index (χ2v) is 5.72. The van der Waals surface area contributed by atoms with E-state index in [9.17, 15) is 5.11 Å². The van der Waals surface area contributed by atoms with E-state index in [0.29, 0.717) is 6.42 Å². The molecule has 0 saturated carbocycles. The molecule has 1 aromatic heterocycles. The number of thiazole rings is 1. The lowest BCUT2D eigenvalue weighted by molar-refractivity contribution is 0.178. The third kappa shape index (κ3) is 2.61. The second kappa shape index (κ2) is 5.25. The normalized spacial score (nSPS) is 12.7. The number of nitrogens with zero attached hydrogens (tertiary/aromatic N) is 1. The molecule has 1 atom stereocenters. The number of rotatable bonds is 3. The van der Waals surface area contributed by atoms with Crippen LogP contribution >= 0.6 is 33.9 Å². The van der Waals surface area contributed by atoms with E-state index < -0.39 is 6.10 Å². The maximum atomic E-state index is 10.2. The Kier molecular flexibility index (Phi) is 3.94. The minimum Gasteiger partial charge on any atom is -0.388 e. The topological polar surface area (TPSA) is 33.1 Å². The van der Waals surface area contributed by atoms with Gasteiger partial charge in [-0.2, -0.15) is 0 Å². The number of aromatic nitrogens is 1. The molecule has 0 aliphatic carbocycles. The average molecular weight is 345 g/mol. The predicted molar refractivity (Wildman–Crippen MR) is 74.7 cm³/mol. The van der Waals surface area contributed by atoms with Crippen molar-refractivity contribution in [1.82, 2.24) is 4.98 Å². The average Bonchev–Trinajstić information content (AvgIpc) is 2.74. The molecule has 1 aromatic carbocycles. The van der Waals surface area contributed by atoms with Crippen LogP contribution < -0.4 is 0 Å². The van der Waals surface area contributed by atoms with Crippen LogP contribution in [-0.2, 0) is 6.42 Å². The smallest absolute Gasteiger partial charge is 0.0849 e. The molecule has 2 aromatic rings. The van der Waals surface area contributed by atoms with E-state index in [-0.39, 0.29) is 0 Å². The van der Waals surface area contributed by atoms with Crippen LogP contribution in [-0.4, -0.2) is 10.1 Å². The number of aliphatic hydroxyl groups is 1. The molecule has 0 bridgehead atoms. The molecular formula is C12H12INOS. The standard InChI is InChI=1S/C12H12INOS/c1-8-3-2-4-10(12(8)13)11(15)5-9-6-14-7-16-9/h2-4,6-7,11,15H,5H2,1H3. The molecule has 0 spiro atoms. The highest BCUT2D eigenvalue weighted by Crippen LogP contribution is 2.26. The second-order valence-electron chi connectivity index (χ2n) is 3.67. The lowest BCUT2D eigenvalue weighted by Crippen LogP contribution is -2.03. The van der Waals surface area contributed by atoms with Crippen molar-refractivity contribution in [3.05, 3.63) is 49.5 Å². The van der Waals surface area contributed by atoms with Crippen LogP contribution in [0.4, 0.5) is 0 Å². The van der Waals surface area contributed by atoms with E-state index in [1.54, 1.807) is 16.8 Å². The maximum absolute atomic E-state index is 10.2. The molecule has 16 heavy (non-hydrogen) atoms. The van der Waals surface area contributed by atoms with Crippen molar-refractivity contribution < 1.29 is 5.11 Å². The van der Waals surface area contributed by atoms with Gasteiger partial charge in [0.15, 0.2) is 0 Å². The summed E-state index contributed by atoms with van der Waals surface area (Å²) in [6.07, 6.45) is 2.02. The highest BCUT2D eigenvalue weighted by molar-refractivity contribution is 14.1. The zero-order valence-corrected chi connectivity index (χ0v) is 11.8. The Hall–Kier alpha value is -0.460. The minimum absolute atomic E-state index is 0.438. The fraction of sp³-hybridized carbons (Fsp3) is 0.250. The van der Waals surface area contributed by atoms with Gasteiger partial charge in [-0.15, -0.1) is 11.3 Å². The Morgan fingerprint density at radius 2 is 2.31 bits per heavy atom. The van der Waals surface area contributed by atoms with Crippen molar-refractivity contribution in [1.29, 1.82) is 0 Å². The van der Waals surface area contributed by atoms with Crippen molar-refractivity contribution in [2.24, 2.45) is 0 Å². The summed E-state index contributed by atoms with van der Waals surface area (Å²) in [5.74, 6) is 0. The van der Waals surface area contributed by atoms with Crippen LogP contribution in [0.15, 0.2) is 29.9 Å². The van der Waals surface area contributed by atoms with Crippen LogP contribution in [0.25, 0.3) is 0 Å². The largest absolute Gasteiger partial charge is 0.388 e. The van der Waals surface area contributed by atoms with Gasteiger partial charge in [-0.05, 0) is 40.6 Å². The lowest BCUT2D eigenvalue weighted by atomic mass is 10.0. The van der Waals surface area contributed by atoms with Gasteiger partial charge in [-0.3, -0.25) is 4.98 Å². The van der Waals surface area contributed by atoms with Gasteiger partial charge in [0.05, 0.1) is 11.6 Å². The Labute approximate surface area is 112 Å². The lowest BCUT2D eigenvalue weighted by Gasteiger charge is -2.13. The van der Waals surface area contributed by atoms with Gasteiger partial charge in [0.1, 0.15) is 0 Å².